The number of rotatable bonds is 5. The average molecular weight is 483 g/mol. The lowest BCUT2D eigenvalue weighted by Crippen LogP contribution is -2.45. The van der Waals surface area contributed by atoms with E-state index < -0.39 is 11.9 Å². The minimum Gasteiger partial charge on any atom is -0.473 e. The van der Waals surface area contributed by atoms with Crippen molar-refractivity contribution < 1.29 is 29.3 Å². The van der Waals surface area contributed by atoms with Gasteiger partial charge in [-0.05, 0) is 74.5 Å². The summed E-state index contributed by atoms with van der Waals surface area (Å²) in [6.07, 6.45) is 4.27. The number of ether oxygens (including phenoxy) is 1. The van der Waals surface area contributed by atoms with Gasteiger partial charge >= 0.3 is 11.9 Å². The van der Waals surface area contributed by atoms with Gasteiger partial charge in [0, 0.05) is 25.6 Å². The molecule has 2 fully saturated rings. The third kappa shape index (κ3) is 8.40. The number of carbonyl (C=O) groups is 3. The molecule has 0 aliphatic carbocycles. The Bertz CT molecular complexity index is 968. The van der Waals surface area contributed by atoms with E-state index in [0.717, 1.165) is 75.8 Å². The number of benzene rings is 2. The highest BCUT2D eigenvalue weighted by Crippen LogP contribution is 2.26. The molecule has 4 rings (SSSR count). The zero-order chi connectivity index (χ0) is 25.2. The molecule has 0 unspecified atom stereocenters. The highest BCUT2D eigenvalue weighted by Gasteiger charge is 2.30. The van der Waals surface area contributed by atoms with E-state index in [2.05, 4.69) is 34.9 Å². The van der Waals surface area contributed by atoms with E-state index in [0.29, 0.717) is 5.91 Å². The fraction of sp³-hybridized carbons (Fsp3) is 0.444. The van der Waals surface area contributed by atoms with Crippen LogP contribution in [0.2, 0.25) is 0 Å². The van der Waals surface area contributed by atoms with E-state index >= 15 is 0 Å². The Morgan fingerprint density at radius 3 is 2.03 bits per heavy atom. The second-order valence-corrected chi connectivity index (χ2v) is 9.23. The Morgan fingerprint density at radius 1 is 0.829 bits per heavy atom. The van der Waals surface area contributed by atoms with Crippen molar-refractivity contribution >= 4 is 17.8 Å². The van der Waals surface area contributed by atoms with Gasteiger partial charge < -0.3 is 19.8 Å². The van der Waals surface area contributed by atoms with Crippen molar-refractivity contribution in [3.63, 3.8) is 0 Å². The minimum absolute atomic E-state index is 0.215. The van der Waals surface area contributed by atoms with Gasteiger partial charge in [-0.1, -0.05) is 37.3 Å². The van der Waals surface area contributed by atoms with Gasteiger partial charge in [-0.15, -0.1) is 0 Å². The summed E-state index contributed by atoms with van der Waals surface area (Å²) in [7, 11) is 0. The Hall–Kier alpha value is -3.39. The van der Waals surface area contributed by atoms with Gasteiger partial charge in [-0.25, -0.2) is 9.59 Å². The molecule has 188 valence electrons. The molecular formula is C27H34N2O6. The predicted octanol–water partition coefficient (Wildman–Crippen LogP) is 4.11. The van der Waals surface area contributed by atoms with E-state index in [1.165, 1.54) is 5.56 Å². The number of hydrogen-bond donors (Lipinski definition) is 2. The van der Waals surface area contributed by atoms with Crippen LogP contribution in [0.1, 0.15) is 38.2 Å². The van der Waals surface area contributed by atoms with Gasteiger partial charge in [0.1, 0.15) is 11.5 Å². The summed E-state index contributed by atoms with van der Waals surface area (Å²) in [5.74, 6) is -0.538. The summed E-state index contributed by atoms with van der Waals surface area (Å²) in [4.78, 5) is 35.6. The Labute approximate surface area is 206 Å². The molecule has 0 spiro atoms. The maximum absolute atomic E-state index is 12.8. The van der Waals surface area contributed by atoms with Crippen molar-refractivity contribution in [2.75, 3.05) is 26.2 Å². The van der Waals surface area contributed by atoms with Crippen molar-refractivity contribution in [1.82, 2.24) is 9.80 Å². The molecule has 2 saturated heterocycles. The summed E-state index contributed by atoms with van der Waals surface area (Å²) < 4.78 is 5.96. The number of amides is 1. The number of hydrogen-bond acceptors (Lipinski definition) is 5. The third-order valence-corrected chi connectivity index (χ3v) is 6.50. The smallest absolute Gasteiger partial charge is 0.414 e. The second-order valence-electron chi connectivity index (χ2n) is 9.23. The zero-order valence-corrected chi connectivity index (χ0v) is 20.1. The van der Waals surface area contributed by atoms with Crippen LogP contribution in [0.3, 0.4) is 0 Å². The van der Waals surface area contributed by atoms with Crippen molar-refractivity contribution in [3.05, 3.63) is 60.2 Å². The van der Waals surface area contributed by atoms with Crippen LogP contribution in [-0.4, -0.2) is 64.0 Å². The van der Waals surface area contributed by atoms with Gasteiger partial charge in [-0.3, -0.25) is 9.69 Å². The maximum Gasteiger partial charge on any atom is 0.414 e. The molecule has 0 radical (unpaired) electrons. The van der Waals surface area contributed by atoms with Crippen molar-refractivity contribution in [2.24, 2.45) is 11.8 Å². The van der Waals surface area contributed by atoms with E-state index in [1.54, 1.807) is 0 Å². The lowest BCUT2D eigenvalue weighted by Gasteiger charge is -2.36. The van der Waals surface area contributed by atoms with E-state index in [1.807, 2.05) is 36.4 Å². The molecule has 0 aromatic heterocycles. The first kappa shape index (κ1) is 26.2. The Morgan fingerprint density at radius 2 is 1.43 bits per heavy atom. The number of carboxylic acid groups (broad SMARTS) is 2. The quantitative estimate of drug-likeness (QED) is 0.618. The molecular weight excluding hydrogens is 448 g/mol. The van der Waals surface area contributed by atoms with E-state index in [4.69, 9.17) is 24.5 Å². The number of piperidine rings is 2. The Kier molecular flexibility index (Phi) is 9.66. The van der Waals surface area contributed by atoms with Gasteiger partial charge in [0.05, 0.1) is 0 Å². The third-order valence-electron chi connectivity index (χ3n) is 6.50. The predicted molar refractivity (Wildman–Crippen MR) is 131 cm³/mol. The standard InChI is InChI=1S/C25H32N2O2.C2H2O4/c1-20-10-16-27(17-11-20)25(28)22-12-14-26(15-13-22)19-21-6-5-9-24(18-21)29-23-7-3-2-4-8-23;3-1(4)2(5)6/h2-9,18,20,22H,10-17,19H2,1H3;(H,3,4)(H,5,6). The van der Waals surface area contributed by atoms with E-state index in [9.17, 15) is 4.79 Å². The molecule has 8 heteroatoms. The molecule has 0 bridgehead atoms. The van der Waals surface area contributed by atoms with Crippen LogP contribution in [-0.2, 0) is 20.9 Å². The molecule has 2 aliphatic rings. The summed E-state index contributed by atoms with van der Waals surface area (Å²) in [5, 5.41) is 14.8. The van der Waals surface area contributed by atoms with Crippen LogP contribution in [0.5, 0.6) is 11.5 Å². The van der Waals surface area contributed by atoms with Crippen molar-refractivity contribution in [1.29, 1.82) is 0 Å². The summed E-state index contributed by atoms with van der Waals surface area (Å²) >= 11 is 0. The van der Waals surface area contributed by atoms with Gasteiger partial charge in [-0.2, -0.15) is 0 Å². The molecule has 2 N–H and O–H groups in total. The average Bonchev–Trinajstić information content (AvgIpc) is 2.86. The molecule has 2 aliphatic heterocycles. The number of nitrogens with zero attached hydrogens (tertiary/aromatic N) is 2. The summed E-state index contributed by atoms with van der Waals surface area (Å²) in [6.45, 7) is 7.09. The van der Waals surface area contributed by atoms with Crippen molar-refractivity contribution in [2.45, 2.75) is 39.2 Å². The number of carboxylic acids is 2. The molecule has 2 aromatic rings. The molecule has 2 heterocycles. The minimum atomic E-state index is -1.82. The number of aliphatic carboxylic acids is 2. The first-order valence-electron chi connectivity index (χ1n) is 12.1. The fourth-order valence-electron chi connectivity index (χ4n) is 4.42. The molecule has 0 atom stereocenters. The fourth-order valence-corrected chi connectivity index (χ4v) is 4.42. The Balaban J connectivity index is 0.000000509. The second kappa shape index (κ2) is 12.9. The first-order chi connectivity index (χ1) is 16.8. The van der Waals surface area contributed by atoms with Crippen LogP contribution in [0, 0.1) is 11.8 Å². The summed E-state index contributed by atoms with van der Waals surface area (Å²) in [6, 6.07) is 18.2. The number of likely N-dealkylation sites (tertiary alicyclic amines) is 2. The molecule has 8 nitrogen and oxygen atoms in total. The van der Waals surface area contributed by atoms with Gasteiger partial charge in [0.2, 0.25) is 5.91 Å². The molecule has 2 aromatic carbocycles. The zero-order valence-electron chi connectivity index (χ0n) is 20.1. The van der Waals surface area contributed by atoms with Crippen LogP contribution in [0.4, 0.5) is 0 Å². The largest absolute Gasteiger partial charge is 0.473 e. The SMILES string of the molecule is CC1CCN(C(=O)C2CCN(Cc3cccc(Oc4ccccc4)c3)CC2)CC1.O=C(O)C(=O)O. The molecule has 0 saturated carbocycles. The molecule has 35 heavy (non-hydrogen) atoms. The first-order valence-corrected chi connectivity index (χ1v) is 12.1. The lowest BCUT2D eigenvalue weighted by atomic mass is 9.92. The highest BCUT2D eigenvalue weighted by molar-refractivity contribution is 6.27. The van der Waals surface area contributed by atoms with Gasteiger partial charge in [0.15, 0.2) is 0 Å². The van der Waals surface area contributed by atoms with E-state index in [-0.39, 0.29) is 5.92 Å². The van der Waals surface area contributed by atoms with Crippen LogP contribution < -0.4 is 4.74 Å². The normalized spacial score (nSPS) is 17.2. The number of para-hydroxylation sites is 1. The number of carbonyl (C=O) groups excluding carboxylic acids is 1. The van der Waals surface area contributed by atoms with Gasteiger partial charge in [0.25, 0.3) is 0 Å². The highest BCUT2D eigenvalue weighted by atomic mass is 16.5. The van der Waals surface area contributed by atoms with Crippen LogP contribution in [0.15, 0.2) is 54.6 Å². The maximum atomic E-state index is 12.8. The topological polar surface area (TPSA) is 107 Å². The van der Waals surface area contributed by atoms with Crippen LogP contribution >= 0.6 is 0 Å². The summed E-state index contributed by atoms with van der Waals surface area (Å²) in [5.41, 5.74) is 1.26. The lowest BCUT2D eigenvalue weighted by molar-refractivity contribution is -0.159. The van der Waals surface area contributed by atoms with Crippen molar-refractivity contribution in [3.8, 4) is 11.5 Å². The van der Waals surface area contributed by atoms with Crippen LogP contribution in [0.25, 0.3) is 0 Å². The monoisotopic (exact) mass is 482 g/mol. The molecule has 1 amide bonds.